The number of cyclic esters (lactones) is 1. The van der Waals surface area contributed by atoms with Crippen LogP contribution in [0.25, 0.3) is 0 Å². The Labute approximate surface area is 143 Å². The Balaban J connectivity index is 1.65. The number of rotatable bonds is 3. The van der Waals surface area contributed by atoms with Crippen LogP contribution >= 0.6 is 0 Å². The second-order valence-corrected chi connectivity index (χ2v) is 7.81. The maximum absolute atomic E-state index is 14.9. The molecule has 1 aromatic rings. The Morgan fingerprint density at radius 3 is 2.50 bits per heavy atom. The fourth-order valence-corrected chi connectivity index (χ4v) is 3.63. The molecule has 3 rings (SSSR count). The minimum Gasteiger partial charge on any atom is -0.457 e. The van der Waals surface area contributed by atoms with Gasteiger partial charge in [-0.15, -0.1) is 0 Å². The van der Waals surface area contributed by atoms with Gasteiger partial charge in [0.2, 0.25) is 0 Å². The number of fused-ring (bicyclic) bond motifs is 1. The number of esters is 1. The maximum atomic E-state index is 14.9. The van der Waals surface area contributed by atoms with Gasteiger partial charge in [-0.2, -0.15) is 0 Å². The average Bonchev–Trinajstić information content (AvgIpc) is 2.89. The number of halogens is 1. The lowest BCUT2D eigenvalue weighted by Gasteiger charge is -2.42. The summed E-state index contributed by atoms with van der Waals surface area (Å²) in [7, 11) is 0. The topological polar surface area (TPSA) is 32.8 Å². The van der Waals surface area contributed by atoms with Crippen molar-refractivity contribution >= 4 is 5.97 Å². The molecule has 2 aliphatic rings. The number of benzene rings is 1. The third-order valence-corrected chi connectivity index (χ3v) is 5.28. The van der Waals surface area contributed by atoms with E-state index in [0.29, 0.717) is 17.7 Å². The number of ether oxygens (including phenoxy) is 1. The van der Waals surface area contributed by atoms with Crippen LogP contribution in [0.3, 0.4) is 0 Å². The van der Waals surface area contributed by atoms with Crippen molar-refractivity contribution in [2.75, 3.05) is 32.7 Å². The van der Waals surface area contributed by atoms with Crippen LogP contribution in [0.4, 0.5) is 4.39 Å². The van der Waals surface area contributed by atoms with E-state index < -0.39 is 6.17 Å². The predicted molar refractivity (Wildman–Crippen MR) is 91.9 cm³/mol. The van der Waals surface area contributed by atoms with Gasteiger partial charge in [0.25, 0.3) is 0 Å². The van der Waals surface area contributed by atoms with Gasteiger partial charge < -0.3 is 4.74 Å². The summed E-state index contributed by atoms with van der Waals surface area (Å²) >= 11 is 0. The molecule has 0 N–H and O–H groups in total. The molecule has 0 aromatic heterocycles. The van der Waals surface area contributed by atoms with Gasteiger partial charge in [0, 0.05) is 43.8 Å². The van der Waals surface area contributed by atoms with Gasteiger partial charge in [-0.05, 0) is 44.9 Å². The molecule has 2 heterocycles. The Hall–Kier alpha value is -1.46. The summed E-state index contributed by atoms with van der Waals surface area (Å²) < 4.78 is 20.0. The normalized spacial score (nSPS) is 20.8. The van der Waals surface area contributed by atoms with Crippen molar-refractivity contribution in [3.05, 3.63) is 34.4 Å². The highest BCUT2D eigenvalue weighted by Gasteiger charge is 2.29. The van der Waals surface area contributed by atoms with Crippen LogP contribution in [-0.2, 0) is 11.3 Å². The van der Waals surface area contributed by atoms with Gasteiger partial charge in [-0.1, -0.05) is 6.07 Å². The Morgan fingerprint density at radius 2 is 1.88 bits per heavy atom. The maximum Gasteiger partial charge on any atom is 0.338 e. The first-order chi connectivity index (χ1) is 11.3. The molecule has 1 aromatic carbocycles. The molecule has 132 valence electrons. The van der Waals surface area contributed by atoms with Crippen molar-refractivity contribution in [2.24, 2.45) is 0 Å². The second-order valence-electron chi connectivity index (χ2n) is 7.81. The molecule has 1 unspecified atom stereocenters. The standard InChI is InChI=1S/C19H27FN2O2/c1-13-14(5-6-15-16(13)12-24-18(15)23)17(20)11-21-7-9-22(10-8-21)19(2,3)4/h5-6,17H,7-12H2,1-4H3. The number of piperazine rings is 1. The first-order valence-electron chi connectivity index (χ1n) is 8.68. The van der Waals surface area contributed by atoms with Crippen LogP contribution in [0, 0.1) is 6.92 Å². The molecule has 0 radical (unpaired) electrons. The Kier molecular flexibility index (Phi) is 4.67. The summed E-state index contributed by atoms with van der Waals surface area (Å²) in [5.41, 5.74) is 3.15. The number of hydrogen-bond donors (Lipinski definition) is 0. The molecule has 0 amide bonds. The van der Waals surface area contributed by atoms with Gasteiger partial charge in [0.1, 0.15) is 12.8 Å². The number of carbonyl (C=O) groups is 1. The van der Waals surface area contributed by atoms with Crippen LogP contribution in [-0.4, -0.2) is 54.0 Å². The van der Waals surface area contributed by atoms with E-state index in [2.05, 4.69) is 30.6 Å². The zero-order valence-electron chi connectivity index (χ0n) is 15.1. The number of hydrogen-bond acceptors (Lipinski definition) is 4. The summed E-state index contributed by atoms with van der Waals surface area (Å²) in [6.45, 7) is 13.0. The van der Waals surface area contributed by atoms with Crippen LogP contribution in [0.2, 0.25) is 0 Å². The fraction of sp³-hybridized carbons (Fsp3) is 0.632. The van der Waals surface area contributed by atoms with Crippen molar-refractivity contribution in [1.29, 1.82) is 0 Å². The second kappa shape index (κ2) is 6.45. The molecule has 24 heavy (non-hydrogen) atoms. The molecule has 1 fully saturated rings. The van der Waals surface area contributed by atoms with Crippen LogP contribution in [0.15, 0.2) is 12.1 Å². The van der Waals surface area contributed by atoms with Crippen molar-refractivity contribution in [3.8, 4) is 0 Å². The first-order valence-corrected chi connectivity index (χ1v) is 8.68. The van der Waals surface area contributed by atoms with Gasteiger partial charge in [0.15, 0.2) is 0 Å². The molecule has 1 saturated heterocycles. The van der Waals surface area contributed by atoms with Gasteiger partial charge >= 0.3 is 5.97 Å². The van der Waals surface area contributed by atoms with E-state index in [1.165, 1.54) is 0 Å². The third kappa shape index (κ3) is 3.33. The smallest absolute Gasteiger partial charge is 0.338 e. The minimum atomic E-state index is -1.04. The van der Waals surface area contributed by atoms with Crippen molar-refractivity contribution in [2.45, 2.75) is 46.0 Å². The molecule has 0 spiro atoms. The summed E-state index contributed by atoms with van der Waals surface area (Å²) in [5, 5.41) is 0. The van der Waals surface area contributed by atoms with Crippen molar-refractivity contribution < 1.29 is 13.9 Å². The fourth-order valence-electron chi connectivity index (χ4n) is 3.63. The highest BCUT2D eigenvalue weighted by atomic mass is 19.1. The molecular formula is C19H27FN2O2. The van der Waals surface area contributed by atoms with Crippen LogP contribution in [0.1, 0.15) is 54.0 Å². The Bertz CT molecular complexity index is 631. The Morgan fingerprint density at radius 1 is 1.21 bits per heavy atom. The summed E-state index contributed by atoms with van der Waals surface area (Å²) in [5.74, 6) is -0.298. The molecule has 4 nitrogen and oxygen atoms in total. The van der Waals surface area contributed by atoms with Crippen LogP contribution in [0.5, 0.6) is 0 Å². The monoisotopic (exact) mass is 334 g/mol. The van der Waals surface area contributed by atoms with E-state index in [1.54, 1.807) is 12.1 Å². The molecule has 0 saturated carbocycles. The SMILES string of the molecule is Cc1c(C(F)CN2CCN(C(C)(C)C)CC2)ccc2c1COC2=O. The largest absolute Gasteiger partial charge is 0.457 e. The zero-order chi connectivity index (χ0) is 17.5. The first kappa shape index (κ1) is 17.4. The molecule has 0 aliphatic carbocycles. The highest BCUT2D eigenvalue weighted by molar-refractivity contribution is 5.93. The number of carbonyl (C=O) groups excluding carboxylic acids is 1. The van der Waals surface area contributed by atoms with Gasteiger partial charge in [-0.3, -0.25) is 9.80 Å². The number of alkyl halides is 1. The molecule has 0 bridgehead atoms. The predicted octanol–water partition coefficient (Wildman–Crippen LogP) is 3.09. The van der Waals surface area contributed by atoms with E-state index in [0.717, 1.165) is 37.3 Å². The lowest BCUT2D eigenvalue weighted by atomic mass is 9.95. The van der Waals surface area contributed by atoms with Crippen molar-refractivity contribution in [1.82, 2.24) is 9.80 Å². The average molecular weight is 334 g/mol. The van der Waals surface area contributed by atoms with E-state index in [-0.39, 0.29) is 18.1 Å². The van der Waals surface area contributed by atoms with E-state index in [9.17, 15) is 9.18 Å². The zero-order valence-corrected chi connectivity index (χ0v) is 15.1. The van der Waals surface area contributed by atoms with E-state index in [1.807, 2.05) is 6.92 Å². The van der Waals surface area contributed by atoms with Crippen LogP contribution < -0.4 is 0 Å². The molecular weight excluding hydrogens is 307 g/mol. The van der Waals surface area contributed by atoms with E-state index in [4.69, 9.17) is 4.74 Å². The number of nitrogens with zero attached hydrogens (tertiary/aromatic N) is 2. The van der Waals surface area contributed by atoms with Gasteiger partial charge in [-0.25, -0.2) is 9.18 Å². The summed E-state index contributed by atoms with van der Waals surface area (Å²) in [6, 6.07) is 3.45. The lowest BCUT2D eigenvalue weighted by Crippen LogP contribution is -2.53. The molecule has 5 heteroatoms. The molecule has 1 atom stereocenters. The lowest BCUT2D eigenvalue weighted by molar-refractivity contribution is 0.0510. The quantitative estimate of drug-likeness (QED) is 0.795. The molecule has 2 aliphatic heterocycles. The van der Waals surface area contributed by atoms with Crippen molar-refractivity contribution in [3.63, 3.8) is 0 Å². The third-order valence-electron chi connectivity index (χ3n) is 5.28. The van der Waals surface area contributed by atoms with E-state index >= 15 is 0 Å². The minimum absolute atomic E-state index is 0.171. The van der Waals surface area contributed by atoms with Gasteiger partial charge in [0.05, 0.1) is 5.56 Å². The summed E-state index contributed by atoms with van der Waals surface area (Å²) in [4.78, 5) is 16.2. The highest BCUT2D eigenvalue weighted by Crippen LogP contribution is 2.31. The summed E-state index contributed by atoms with van der Waals surface area (Å²) in [6.07, 6.45) is -1.04.